The van der Waals surface area contributed by atoms with Gasteiger partial charge in [-0.2, -0.15) is 5.10 Å². The SMILES string of the molecule is Nc1nonc1C(=O)NN=Cc1cccc(OCC(=O)O)c1. The second kappa shape index (κ2) is 6.83. The van der Waals surface area contributed by atoms with Crippen LogP contribution in [0.25, 0.3) is 0 Å². The van der Waals surface area contributed by atoms with Gasteiger partial charge in [0.1, 0.15) is 5.75 Å². The van der Waals surface area contributed by atoms with Crippen LogP contribution in [0.2, 0.25) is 0 Å². The summed E-state index contributed by atoms with van der Waals surface area (Å²) in [6, 6.07) is 6.50. The van der Waals surface area contributed by atoms with Crippen LogP contribution in [-0.2, 0) is 4.79 Å². The van der Waals surface area contributed by atoms with Gasteiger partial charge in [0.2, 0.25) is 11.5 Å². The lowest BCUT2D eigenvalue weighted by Gasteiger charge is -2.03. The molecule has 0 aliphatic heterocycles. The van der Waals surface area contributed by atoms with Crippen molar-refractivity contribution in [1.82, 2.24) is 15.7 Å². The zero-order valence-corrected chi connectivity index (χ0v) is 11.1. The van der Waals surface area contributed by atoms with Crippen LogP contribution in [-0.4, -0.2) is 40.1 Å². The quantitative estimate of drug-likeness (QED) is 0.493. The van der Waals surface area contributed by atoms with E-state index in [4.69, 9.17) is 15.6 Å². The van der Waals surface area contributed by atoms with E-state index in [1.807, 2.05) is 0 Å². The van der Waals surface area contributed by atoms with Crippen LogP contribution in [0.3, 0.4) is 0 Å². The van der Waals surface area contributed by atoms with Gasteiger partial charge in [-0.15, -0.1) is 0 Å². The van der Waals surface area contributed by atoms with Crippen molar-refractivity contribution < 1.29 is 24.1 Å². The number of nitrogens with two attached hydrogens (primary N) is 1. The van der Waals surface area contributed by atoms with E-state index in [1.165, 1.54) is 6.21 Å². The zero-order chi connectivity index (χ0) is 15.9. The number of amides is 1. The smallest absolute Gasteiger partial charge is 0.341 e. The van der Waals surface area contributed by atoms with Crippen molar-refractivity contribution in [2.45, 2.75) is 0 Å². The fourth-order valence-electron chi connectivity index (χ4n) is 1.40. The molecular formula is C12H11N5O5. The molecule has 4 N–H and O–H groups in total. The number of carbonyl (C=O) groups excluding carboxylic acids is 1. The second-order valence-electron chi connectivity index (χ2n) is 3.95. The Morgan fingerprint density at radius 1 is 1.45 bits per heavy atom. The van der Waals surface area contributed by atoms with E-state index >= 15 is 0 Å². The van der Waals surface area contributed by atoms with Crippen LogP contribution >= 0.6 is 0 Å². The first kappa shape index (κ1) is 15.0. The first-order chi connectivity index (χ1) is 10.6. The second-order valence-corrected chi connectivity index (χ2v) is 3.95. The summed E-state index contributed by atoms with van der Waals surface area (Å²) in [4.78, 5) is 22.0. The lowest BCUT2D eigenvalue weighted by atomic mass is 10.2. The van der Waals surface area contributed by atoms with Crippen molar-refractivity contribution in [2.24, 2.45) is 5.10 Å². The van der Waals surface area contributed by atoms with E-state index in [9.17, 15) is 9.59 Å². The third-order valence-corrected chi connectivity index (χ3v) is 2.33. The number of benzene rings is 1. The van der Waals surface area contributed by atoms with Crippen LogP contribution in [0.5, 0.6) is 5.75 Å². The first-order valence-corrected chi connectivity index (χ1v) is 5.92. The van der Waals surface area contributed by atoms with Gasteiger partial charge in [0.25, 0.3) is 5.91 Å². The number of nitrogens with one attached hydrogen (secondary N) is 1. The van der Waals surface area contributed by atoms with Crippen molar-refractivity contribution in [3.8, 4) is 5.75 Å². The number of hydrogen-bond donors (Lipinski definition) is 3. The number of rotatable bonds is 6. The Kier molecular flexibility index (Phi) is 4.65. The molecule has 1 heterocycles. The van der Waals surface area contributed by atoms with E-state index in [-0.39, 0.29) is 11.5 Å². The van der Waals surface area contributed by atoms with Crippen molar-refractivity contribution >= 4 is 23.9 Å². The number of hydrazone groups is 1. The highest BCUT2D eigenvalue weighted by atomic mass is 16.6. The number of aromatic nitrogens is 2. The molecule has 1 aromatic carbocycles. The Bertz CT molecular complexity index is 711. The van der Waals surface area contributed by atoms with Crippen molar-refractivity contribution in [1.29, 1.82) is 0 Å². The van der Waals surface area contributed by atoms with Gasteiger partial charge in [-0.1, -0.05) is 12.1 Å². The monoisotopic (exact) mass is 305 g/mol. The van der Waals surface area contributed by atoms with Gasteiger partial charge in [-0.25, -0.2) is 14.8 Å². The van der Waals surface area contributed by atoms with E-state index in [0.717, 1.165) is 0 Å². The molecule has 0 saturated heterocycles. The molecule has 0 bridgehead atoms. The molecule has 2 aromatic rings. The number of carbonyl (C=O) groups is 2. The number of anilines is 1. The number of carboxylic acids is 1. The first-order valence-electron chi connectivity index (χ1n) is 5.92. The minimum Gasteiger partial charge on any atom is -0.482 e. The lowest BCUT2D eigenvalue weighted by molar-refractivity contribution is -0.139. The summed E-state index contributed by atoms with van der Waals surface area (Å²) in [5.41, 5.74) is 7.98. The molecule has 2 rings (SSSR count). The molecule has 0 spiro atoms. The molecule has 10 nitrogen and oxygen atoms in total. The Labute approximate surface area is 123 Å². The highest BCUT2D eigenvalue weighted by Crippen LogP contribution is 2.11. The Hall–Kier alpha value is -3.43. The molecule has 1 amide bonds. The molecule has 0 aliphatic carbocycles. The van der Waals surface area contributed by atoms with E-state index < -0.39 is 18.5 Å². The summed E-state index contributed by atoms with van der Waals surface area (Å²) in [6.07, 6.45) is 1.34. The largest absolute Gasteiger partial charge is 0.482 e. The number of carboxylic acid groups (broad SMARTS) is 1. The average Bonchev–Trinajstić information content (AvgIpc) is 2.92. The summed E-state index contributed by atoms with van der Waals surface area (Å²) in [7, 11) is 0. The molecule has 0 fully saturated rings. The molecule has 10 heteroatoms. The zero-order valence-electron chi connectivity index (χ0n) is 11.1. The maximum Gasteiger partial charge on any atom is 0.341 e. The minimum absolute atomic E-state index is 0.142. The predicted molar refractivity (Wildman–Crippen MR) is 73.3 cm³/mol. The third kappa shape index (κ3) is 4.03. The highest BCUT2D eigenvalue weighted by molar-refractivity contribution is 5.96. The predicted octanol–water partition coefficient (Wildman–Crippen LogP) is -0.121. The number of nitrogens with zero attached hydrogens (tertiary/aromatic N) is 3. The van der Waals surface area contributed by atoms with Gasteiger partial charge in [0, 0.05) is 0 Å². The number of nitrogen functional groups attached to an aromatic ring is 1. The van der Waals surface area contributed by atoms with Gasteiger partial charge in [0.05, 0.1) is 6.21 Å². The normalized spacial score (nSPS) is 10.5. The van der Waals surface area contributed by atoms with E-state index in [0.29, 0.717) is 11.3 Å². The third-order valence-electron chi connectivity index (χ3n) is 2.33. The average molecular weight is 305 g/mol. The van der Waals surface area contributed by atoms with Gasteiger partial charge >= 0.3 is 5.97 Å². The summed E-state index contributed by atoms with van der Waals surface area (Å²) < 4.78 is 9.31. The molecule has 22 heavy (non-hydrogen) atoms. The fraction of sp³-hybridized carbons (Fsp3) is 0.0833. The summed E-state index contributed by atoms with van der Waals surface area (Å²) in [5.74, 6) is -1.53. The van der Waals surface area contributed by atoms with Gasteiger partial charge in [-0.05, 0) is 28.0 Å². The maximum atomic E-state index is 11.6. The minimum atomic E-state index is -1.08. The highest BCUT2D eigenvalue weighted by Gasteiger charge is 2.14. The Balaban J connectivity index is 1.95. The molecule has 0 radical (unpaired) electrons. The topological polar surface area (TPSA) is 153 Å². The van der Waals surface area contributed by atoms with Crippen molar-refractivity contribution in [3.63, 3.8) is 0 Å². The summed E-state index contributed by atoms with van der Waals surface area (Å²) in [5, 5.41) is 18.8. The molecule has 0 unspecified atom stereocenters. The lowest BCUT2D eigenvalue weighted by Crippen LogP contribution is -2.19. The van der Waals surface area contributed by atoms with Gasteiger partial charge in [-0.3, -0.25) is 4.79 Å². The van der Waals surface area contributed by atoms with Crippen molar-refractivity contribution in [2.75, 3.05) is 12.3 Å². The molecular weight excluding hydrogens is 294 g/mol. The molecule has 0 saturated carbocycles. The van der Waals surface area contributed by atoms with Crippen LogP contribution in [0.4, 0.5) is 5.82 Å². The molecule has 114 valence electrons. The number of hydrogen-bond acceptors (Lipinski definition) is 8. The Morgan fingerprint density at radius 3 is 2.95 bits per heavy atom. The van der Waals surface area contributed by atoms with Gasteiger partial charge < -0.3 is 15.6 Å². The van der Waals surface area contributed by atoms with Crippen LogP contribution in [0.1, 0.15) is 16.1 Å². The van der Waals surface area contributed by atoms with Crippen molar-refractivity contribution in [3.05, 3.63) is 35.5 Å². The maximum absolute atomic E-state index is 11.6. The van der Waals surface area contributed by atoms with Gasteiger partial charge in [0.15, 0.2) is 6.61 Å². The van der Waals surface area contributed by atoms with Crippen LogP contribution in [0, 0.1) is 0 Å². The summed E-state index contributed by atoms with van der Waals surface area (Å²) >= 11 is 0. The molecule has 1 aromatic heterocycles. The summed E-state index contributed by atoms with van der Waals surface area (Å²) in [6.45, 7) is -0.449. The van der Waals surface area contributed by atoms with E-state index in [2.05, 4.69) is 25.5 Å². The fourth-order valence-corrected chi connectivity index (χ4v) is 1.40. The number of aliphatic carboxylic acids is 1. The number of ether oxygens (including phenoxy) is 1. The molecule has 0 aliphatic rings. The Morgan fingerprint density at radius 2 is 2.27 bits per heavy atom. The standard InChI is InChI=1S/C12H11N5O5/c13-11-10(16-22-17-11)12(20)15-14-5-7-2-1-3-8(4-7)21-6-9(18)19/h1-5H,6H2,(H2,13,17)(H,15,20)(H,18,19). The van der Waals surface area contributed by atoms with E-state index in [1.54, 1.807) is 24.3 Å². The van der Waals surface area contributed by atoms with Crippen LogP contribution in [0.15, 0.2) is 34.0 Å². The molecule has 0 atom stereocenters. The van der Waals surface area contributed by atoms with Crippen LogP contribution < -0.4 is 15.9 Å².